The van der Waals surface area contributed by atoms with Gasteiger partial charge in [-0.25, -0.2) is 8.42 Å². The molecule has 1 fully saturated rings. The summed E-state index contributed by atoms with van der Waals surface area (Å²) in [7, 11) is -2.40. The summed E-state index contributed by atoms with van der Waals surface area (Å²) in [6.07, 6.45) is 4.39. The number of sulfonamides is 1. The smallest absolute Gasteiger partial charge is 0.251 e. The molecule has 0 bridgehead atoms. The molecule has 3 aromatic rings. The van der Waals surface area contributed by atoms with E-state index in [9.17, 15) is 27.6 Å². The van der Waals surface area contributed by atoms with Gasteiger partial charge in [0.15, 0.2) is 0 Å². The second-order valence-corrected chi connectivity index (χ2v) is 15.6. The van der Waals surface area contributed by atoms with Crippen molar-refractivity contribution in [1.29, 1.82) is 0 Å². The Kier molecular flexibility index (Phi) is 13.6. The highest BCUT2D eigenvalue weighted by atomic mass is 35.5. The van der Waals surface area contributed by atoms with E-state index in [0.717, 1.165) is 41.0 Å². The van der Waals surface area contributed by atoms with E-state index in [2.05, 4.69) is 26.6 Å². The van der Waals surface area contributed by atoms with Crippen molar-refractivity contribution >= 4 is 50.9 Å². The number of hydrogen-bond donors (Lipinski definition) is 5. The lowest BCUT2D eigenvalue weighted by molar-refractivity contribution is -0.130. The van der Waals surface area contributed by atoms with Crippen molar-refractivity contribution in [3.05, 3.63) is 100 Å². The highest BCUT2D eigenvalue weighted by Crippen LogP contribution is 2.23. The van der Waals surface area contributed by atoms with Crippen LogP contribution >= 0.6 is 11.6 Å². The first kappa shape index (κ1) is 39.3. The van der Waals surface area contributed by atoms with Crippen LogP contribution in [-0.2, 0) is 26.0 Å². The summed E-state index contributed by atoms with van der Waals surface area (Å²) in [5.41, 5.74) is 1.98. The number of nitrogens with zero attached hydrogens (tertiary/aromatic N) is 1. The van der Waals surface area contributed by atoms with Gasteiger partial charge in [0.05, 0.1) is 24.0 Å². The van der Waals surface area contributed by atoms with Crippen LogP contribution in [0.5, 0.6) is 0 Å². The number of halogens is 1. The summed E-state index contributed by atoms with van der Waals surface area (Å²) in [5, 5.41) is 15.3. The lowest BCUT2D eigenvalue weighted by atomic mass is 9.93. The molecular formula is C37H47ClN6O6S. The van der Waals surface area contributed by atoms with Crippen LogP contribution in [-0.4, -0.2) is 76.1 Å². The molecule has 51 heavy (non-hydrogen) atoms. The Morgan fingerprint density at radius 1 is 0.824 bits per heavy atom. The van der Waals surface area contributed by atoms with Crippen LogP contribution < -0.4 is 30.9 Å². The zero-order valence-electron chi connectivity index (χ0n) is 29.5. The third kappa shape index (κ3) is 11.5. The topological polar surface area (TPSA) is 166 Å². The van der Waals surface area contributed by atoms with E-state index >= 15 is 0 Å². The van der Waals surface area contributed by atoms with Crippen LogP contribution in [0.15, 0.2) is 72.8 Å². The molecule has 14 heteroatoms. The number of carbonyl (C=O) groups is 4. The van der Waals surface area contributed by atoms with Crippen LogP contribution in [0.1, 0.15) is 77.9 Å². The van der Waals surface area contributed by atoms with Gasteiger partial charge in [-0.05, 0) is 87.9 Å². The zero-order chi connectivity index (χ0) is 37.3. The van der Waals surface area contributed by atoms with Gasteiger partial charge in [-0.2, -0.15) is 0 Å². The van der Waals surface area contributed by atoms with Crippen molar-refractivity contribution in [3.63, 3.8) is 0 Å². The number of rotatable bonds is 16. The summed E-state index contributed by atoms with van der Waals surface area (Å²) in [6.45, 7) is 5.29. The first-order chi connectivity index (χ1) is 24.1. The Bertz CT molecular complexity index is 1820. The molecule has 0 aromatic heterocycles. The van der Waals surface area contributed by atoms with Crippen molar-refractivity contribution in [2.75, 3.05) is 24.2 Å². The Morgan fingerprint density at radius 3 is 2.06 bits per heavy atom. The van der Waals surface area contributed by atoms with Crippen molar-refractivity contribution in [1.82, 2.24) is 26.6 Å². The molecule has 274 valence electrons. The van der Waals surface area contributed by atoms with Crippen molar-refractivity contribution in [2.45, 2.75) is 76.7 Å². The quantitative estimate of drug-likeness (QED) is 0.149. The van der Waals surface area contributed by atoms with Crippen LogP contribution in [0, 0.1) is 0 Å². The van der Waals surface area contributed by atoms with Gasteiger partial charge in [0.2, 0.25) is 21.8 Å². The monoisotopic (exact) mass is 738 g/mol. The standard InChI is InChI=1S/C37H47ClN6O6S/c1-23(27-13-9-14-30(38)19-27)40-36(47)28-18-29(21-33(20-28)44(4)51(5,49)50)37(48)43-32(17-26-11-7-6-8-12-26)22-39-24(2)34(45)41-25(3)35(46)42-31-15-10-16-31/h6-9,11-14,18-21,23-25,31-32,39H,10,15-17,22H2,1-5H3,(H,40,47)(H,41,45)(H,42,46)(H,43,48)/t23-,24+,25?,32+/m1/s1. The van der Waals surface area contributed by atoms with E-state index in [4.69, 9.17) is 11.6 Å². The van der Waals surface area contributed by atoms with E-state index < -0.39 is 46.0 Å². The predicted molar refractivity (Wildman–Crippen MR) is 199 cm³/mol. The number of amides is 4. The molecule has 0 aliphatic heterocycles. The lowest BCUT2D eigenvalue weighted by Crippen LogP contribution is -2.54. The zero-order valence-corrected chi connectivity index (χ0v) is 31.1. The molecule has 1 aliphatic carbocycles. The van der Waals surface area contributed by atoms with E-state index in [1.54, 1.807) is 39.0 Å². The number of nitrogens with one attached hydrogen (secondary N) is 5. The second-order valence-electron chi connectivity index (χ2n) is 13.1. The van der Waals surface area contributed by atoms with Gasteiger partial charge in [-0.1, -0.05) is 54.1 Å². The maximum absolute atomic E-state index is 13.9. The molecule has 4 rings (SSSR count). The molecule has 12 nitrogen and oxygen atoms in total. The van der Waals surface area contributed by atoms with E-state index in [-0.39, 0.29) is 41.2 Å². The van der Waals surface area contributed by atoms with Crippen LogP contribution in [0.3, 0.4) is 0 Å². The first-order valence-corrected chi connectivity index (χ1v) is 19.2. The van der Waals surface area contributed by atoms with E-state index in [1.165, 1.54) is 25.2 Å². The second kappa shape index (κ2) is 17.7. The van der Waals surface area contributed by atoms with Gasteiger partial charge < -0.3 is 26.6 Å². The van der Waals surface area contributed by atoms with Gasteiger partial charge >= 0.3 is 0 Å². The Hall–Kier alpha value is -4.46. The van der Waals surface area contributed by atoms with Gasteiger partial charge in [0.1, 0.15) is 6.04 Å². The first-order valence-electron chi connectivity index (χ1n) is 16.9. The SMILES string of the molecule is CC(NC(=O)[C@H](C)NC[C@H](Cc1ccccc1)NC(=O)c1cc(C(=O)N[C@H](C)c2cccc(Cl)c2)cc(N(C)S(C)(=O)=O)c1)C(=O)NC1CCC1. The summed E-state index contributed by atoms with van der Waals surface area (Å²) in [4.78, 5) is 52.8. The molecule has 0 radical (unpaired) electrons. The van der Waals surface area contributed by atoms with Gasteiger partial charge in [0.25, 0.3) is 11.8 Å². The third-order valence-electron chi connectivity index (χ3n) is 8.93. The van der Waals surface area contributed by atoms with Crippen molar-refractivity contribution in [2.24, 2.45) is 0 Å². The molecule has 1 unspecified atom stereocenters. The third-order valence-corrected chi connectivity index (χ3v) is 10.4. The fraction of sp³-hybridized carbons (Fsp3) is 0.405. The molecule has 5 N–H and O–H groups in total. The molecule has 0 heterocycles. The summed E-state index contributed by atoms with van der Waals surface area (Å²) < 4.78 is 26.0. The molecule has 0 saturated heterocycles. The van der Waals surface area contributed by atoms with Crippen LogP contribution in [0.4, 0.5) is 5.69 Å². The Labute approximate surface area is 305 Å². The molecule has 3 aromatic carbocycles. The van der Waals surface area contributed by atoms with Crippen molar-refractivity contribution in [3.8, 4) is 0 Å². The van der Waals surface area contributed by atoms with Gasteiger partial charge in [0, 0.05) is 41.8 Å². The largest absolute Gasteiger partial charge is 0.352 e. The number of benzene rings is 3. The average Bonchev–Trinajstić information content (AvgIpc) is 3.07. The predicted octanol–water partition coefficient (Wildman–Crippen LogP) is 3.72. The lowest BCUT2D eigenvalue weighted by Gasteiger charge is -2.28. The Morgan fingerprint density at radius 2 is 1.47 bits per heavy atom. The average molecular weight is 739 g/mol. The normalized spacial score (nSPS) is 15.3. The minimum absolute atomic E-state index is 0.0683. The van der Waals surface area contributed by atoms with Gasteiger partial charge in [-0.3, -0.25) is 23.5 Å². The summed E-state index contributed by atoms with van der Waals surface area (Å²) in [5.74, 6) is -1.66. The van der Waals surface area contributed by atoms with E-state index in [0.29, 0.717) is 11.4 Å². The van der Waals surface area contributed by atoms with Crippen LogP contribution in [0.2, 0.25) is 5.02 Å². The van der Waals surface area contributed by atoms with Crippen LogP contribution in [0.25, 0.3) is 0 Å². The number of anilines is 1. The molecule has 0 spiro atoms. The molecular weight excluding hydrogens is 692 g/mol. The molecule has 1 aliphatic rings. The minimum atomic E-state index is -3.74. The van der Waals surface area contributed by atoms with E-state index in [1.807, 2.05) is 36.4 Å². The maximum atomic E-state index is 13.9. The maximum Gasteiger partial charge on any atom is 0.251 e. The van der Waals surface area contributed by atoms with Crippen molar-refractivity contribution < 1.29 is 27.6 Å². The highest BCUT2D eigenvalue weighted by Gasteiger charge is 2.26. The fourth-order valence-electron chi connectivity index (χ4n) is 5.42. The minimum Gasteiger partial charge on any atom is -0.352 e. The molecule has 4 amide bonds. The van der Waals surface area contributed by atoms with Gasteiger partial charge in [-0.15, -0.1) is 0 Å². The summed E-state index contributed by atoms with van der Waals surface area (Å²) in [6, 6.07) is 18.6. The number of carbonyl (C=O) groups excluding carboxylic acids is 4. The summed E-state index contributed by atoms with van der Waals surface area (Å²) >= 11 is 6.14. The number of hydrogen-bond acceptors (Lipinski definition) is 7. The molecule has 4 atom stereocenters. The Balaban J connectivity index is 1.52. The highest BCUT2D eigenvalue weighted by molar-refractivity contribution is 7.92. The fourth-order valence-corrected chi connectivity index (χ4v) is 6.11. The molecule has 1 saturated carbocycles.